The van der Waals surface area contributed by atoms with Gasteiger partial charge in [-0.15, -0.1) is 0 Å². The number of amides is 1. The van der Waals surface area contributed by atoms with Crippen molar-refractivity contribution in [2.24, 2.45) is 0 Å². The maximum atomic E-state index is 12.9. The van der Waals surface area contributed by atoms with Crippen LogP contribution in [-0.2, 0) is 15.1 Å². The van der Waals surface area contributed by atoms with E-state index in [1.165, 1.54) is 0 Å². The minimum atomic E-state index is -1.58. The number of fused-ring (bicyclic) bond motifs is 2. The van der Waals surface area contributed by atoms with Gasteiger partial charge in [-0.05, 0) is 56.0 Å². The molecule has 0 radical (unpaired) electrons. The molecule has 1 spiro atoms. The van der Waals surface area contributed by atoms with Crippen molar-refractivity contribution >= 4 is 23.3 Å². The van der Waals surface area contributed by atoms with Crippen molar-refractivity contribution in [2.45, 2.75) is 36.9 Å². The van der Waals surface area contributed by atoms with Gasteiger partial charge in [-0.2, -0.15) is 0 Å². The first-order chi connectivity index (χ1) is 15.9. The Morgan fingerprint density at radius 1 is 0.909 bits per heavy atom. The number of anilines is 1. The first-order valence-electron chi connectivity index (χ1n) is 10.8. The molecule has 7 heteroatoms. The number of hydrogen-bond donors (Lipinski definition) is 2. The van der Waals surface area contributed by atoms with Gasteiger partial charge >= 0.3 is 5.97 Å². The fourth-order valence-electron chi connectivity index (χ4n) is 4.60. The lowest BCUT2D eigenvalue weighted by Crippen LogP contribution is -2.49. The van der Waals surface area contributed by atoms with E-state index in [0.717, 1.165) is 5.56 Å². The van der Waals surface area contributed by atoms with Crippen LogP contribution in [0.25, 0.3) is 0 Å². The Hall–Kier alpha value is -3.84. The number of carbonyl (C=O) groups is 3. The number of nitrogens with one attached hydrogen (secondary N) is 1. The zero-order chi connectivity index (χ0) is 23.1. The molecule has 5 rings (SSSR count). The zero-order valence-corrected chi connectivity index (χ0v) is 17.8. The number of ether oxygens (including phenoxy) is 1. The fourth-order valence-corrected chi connectivity index (χ4v) is 4.60. The third kappa shape index (κ3) is 3.70. The van der Waals surface area contributed by atoms with Crippen molar-refractivity contribution in [3.05, 3.63) is 95.3 Å². The van der Waals surface area contributed by atoms with Crippen LogP contribution in [0.15, 0.2) is 73.1 Å². The Kier molecular flexibility index (Phi) is 5.06. The van der Waals surface area contributed by atoms with Crippen LogP contribution < -0.4 is 5.32 Å². The summed E-state index contributed by atoms with van der Waals surface area (Å²) in [4.78, 5) is 41.8. The number of hydrogen-bond acceptors (Lipinski definition) is 6. The molecule has 166 valence electrons. The molecule has 3 aromatic rings. The second-order valence-corrected chi connectivity index (χ2v) is 8.56. The van der Waals surface area contributed by atoms with E-state index >= 15 is 0 Å². The summed E-state index contributed by atoms with van der Waals surface area (Å²) >= 11 is 0. The molecule has 2 heterocycles. The van der Waals surface area contributed by atoms with Crippen molar-refractivity contribution in [1.82, 2.24) is 4.98 Å². The van der Waals surface area contributed by atoms with Gasteiger partial charge in [0.15, 0.2) is 5.78 Å². The van der Waals surface area contributed by atoms with Crippen LogP contribution in [0.3, 0.4) is 0 Å². The highest BCUT2D eigenvalue weighted by Crippen LogP contribution is 2.49. The Bertz CT molecular complexity index is 1230. The molecule has 1 amide bonds. The van der Waals surface area contributed by atoms with Crippen molar-refractivity contribution in [2.75, 3.05) is 5.32 Å². The molecule has 2 N–H and O–H groups in total. The lowest BCUT2D eigenvalue weighted by Gasteiger charge is -2.40. The Morgan fingerprint density at radius 2 is 1.58 bits per heavy atom. The Morgan fingerprint density at radius 3 is 2.27 bits per heavy atom. The minimum Gasteiger partial charge on any atom is -0.450 e. The highest BCUT2D eigenvalue weighted by molar-refractivity contribution is 6.09. The topological polar surface area (TPSA) is 106 Å². The Labute approximate surface area is 190 Å². The predicted octanol–water partition coefficient (Wildman–Crippen LogP) is 3.62. The predicted molar refractivity (Wildman–Crippen MR) is 120 cm³/mol. The van der Waals surface area contributed by atoms with Crippen LogP contribution in [-0.4, -0.2) is 33.4 Å². The normalized spacial score (nSPS) is 23.6. The summed E-state index contributed by atoms with van der Waals surface area (Å²) in [6.45, 7) is 0. The maximum Gasteiger partial charge on any atom is 0.339 e. The van der Waals surface area contributed by atoms with E-state index in [2.05, 4.69) is 10.3 Å². The van der Waals surface area contributed by atoms with Crippen LogP contribution in [0, 0.1) is 0 Å². The summed E-state index contributed by atoms with van der Waals surface area (Å²) < 4.78 is 5.67. The van der Waals surface area contributed by atoms with Gasteiger partial charge in [-0.3, -0.25) is 14.6 Å². The molecule has 2 aromatic carbocycles. The molecule has 1 aromatic heterocycles. The number of rotatable bonds is 4. The van der Waals surface area contributed by atoms with E-state index in [0.29, 0.717) is 35.2 Å². The average Bonchev–Trinajstić information content (AvgIpc) is 3.13. The summed E-state index contributed by atoms with van der Waals surface area (Å²) in [5.74, 6) is -1.02. The van der Waals surface area contributed by atoms with Gasteiger partial charge in [0, 0.05) is 34.8 Å². The first-order valence-corrected chi connectivity index (χ1v) is 10.8. The summed E-state index contributed by atoms with van der Waals surface area (Å²) in [5.41, 5.74) is 0.367. The number of benzene rings is 2. The van der Waals surface area contributed by atoms with Gasteiger partial charge in [-0.1, -0.05) is 30.3 Å². The SMILES string of the molecule is O=C(c1ccccc1)c1ccc(NC(=O)C2(O)CCC3(CC2)OC(=O)c2ccncc23)cc1. The molecule has 0 unspecified atom stereocenters. The minimum absolute atomic E-state index is 0.106. The molecule has 7 nitrogen and oxygen atoms in total. The molecular formula is C26H22N2O5. The van der Waals surface area contributed by atoms with Crippen molar-refractivity contribution in [3.8, 4) is 0 Å². The zero-order valence-electron chi connectivity index (χ0n) is 17.8. The van der Waals surface area contributed by atoms with E-state index in [1.807, 2.05) is 6.07 Å². The monoisotopic (exact) mass is 442 g/mol. The van der Waals surface area contributed by atoms with E-state index < -0.39 is 23.1 Å². The van der Waals surface area contributed by atoms with Crippen molar-refractivity contribution in [1.29, 1.82) is 0 Å². The third-order valence-electron chi connectivity index (χ3n) is 6.57. The van der Waals surface area contributed by atoms with Gasteiger partial charge in [-0.25, -0.2) is 4.79 Å². The molecule has 1 aliphatic carbocycles. The molecule has 0 bridgehead atoms. The summed E-state index contributed by atoms with van der Waals surface area (Å²) in [5, 5.41) is 13.8. The second kappa shape index (κ2) is 7.94. The fraction of sp³-hybridized carbons (Fsp3) is 0.231. The number of esters is 1. The first kappa shape index (κ1) is 21.0. The largest absolute Gasteiger partial charge is 0.450 e. The second-order valence-electron chi connectivity index (χ2n) is 8.56. The van der Waals surface area contributed by atoms with Crippen LogP contribution in [0.5, 0.6) is 0 Å². The lowest BCUT2D eigenvalue weighted by molar-refractivity contribution is -0.144. The highest BCUT2D eigenvalue weighted by Gasteiger charge is 2.53. The standard InChI is InChI=1S/C26H22N2O5/c29-22(17-4-2-1-3-5-17)18-6-8-19(9-7-18)28-24(31)25(32)11-13-26(14-12-25)21-16-27-15-10-20(21)23(30)33-26/h1-10,15-16,32H,11-14H2,(H,28,31). The van der Waals surface area contributed by atoms with E-state index in [-0.39, 0.29) is 18.6 Å². The lowest BCUT2D eigenvalue weighted by atomic mass is 9.73. The van der Waals surface area contributed by atoms with Crippen molar-refractivity contribution < 1.29 is 24.2 Å². The van der Waals surface area contributed by atoms with Crippen LogP contribution in [0.1, 0.15) is 57.5 Å². The van der Waals surface area contributed by atoms with Gasteiger partial charge in [0.1, 0.15) is 11.2 Å². The van der Waals surface area contributed by atoms with E-state index in [1.54, 1.807) is 67.0 Å². The number of aliphatic hydroxyl groups is 1. The van der Waals surface area contributed by atoms with E-state index in [9.17, 15) is 19.5 Å². The smallest absolute Gasteiger partial charge is 0.339 e. The number of aromatic nitrogens is 1. The molecule has 0 saturated heterocycles. The number of nitrogens with zero attached hydrogens (tertiary/aromatic N) is 1. The number of pyridine rings is 1. The molecule has 1 fully saturated rings. The number of ketones is 1. The quantitative estimate of drug-likeness (QED) is 0.472. The summed E-state index contributed by atoms with van der Waals surface area (Å²) in [6.07, 6.45) is 4.11. The van der Waals surface area contributed by atoms with Crippen LogP contribution in [0.4, 0.5) is 5.69 Å². The average molecular weight is 442 g/mol. The molecular weight excluding hydrogens is 420 g/mol. The maximum absolute atomic E-state index is 12.9. The Balaban J connectivity index is 1.26. The third-order valence-corrected chi connectivity index (χ3v) is 6.57. The molecule has 1 aliphatic heterocycles. The molecule has 1 saturated carbocycles. The summed E-state index contributed by atoms with van der Waals surface area (Å²) in [6, 6.07) is 17.2. The molecule has 33 heavy (non-hydrogen) atoms. The van der Waals surface area contributed by atoms with Gasteiger partial charge < -0.3 is 15.2 Å². The van der Waals surface area contributed by atoms with Crippen LogP contribution in [0.2, 0.25) is 0 Å². The molecule has 0 atom stereocenters. The van der Waals surface area contributed by atoms with Crippen LogP contribution >= 0.6 is 0 Å². The van der Waals surface area contributed by atoms with Gasteiger partial charge in [0.05, 0.1) is 5.56 Å². The highest BCUT2D eigenvalue weighted by atomic mass is 16.6. The number of carbonyl (C=O) groups excluding carboxylic acids is 3. The van der Waals surface area contributed by atoms with Gasteiger partial charge in [0.25, 0.3) is 5.91 Å². The van der Waals surface area contributed by atoms with Gasteiger partial charge in [0.2, 0.25) is 0 Å². The van der Waals surface area contributed by atoms with E-state index in [4.69, 9.17) is 4.74 Å². The van der Waals surface area contributed by atoms with Crippen molar-refractivity contribution in [3.63, 3.8) is 0 Å². The molecule has 2 aliphatic rings. The summed E-state index contributed by atoms with van der Waals surface area (Å²) in [7, 11) is 0.